The van der Waals surface area contributed by atoms with Gasteiger partial charge in [-0.05, 0) is 50.4 Å². The van der Waals surface area contributed by atoms with Crippen LogP contribution in [0.1, 0.15) is 25.3 Å². The van der Waals surface area contributed by atoms with E-state index in [0.29, 0.717) is 6.04 Å². The first kappa shape index (κ1) is 13.5. The van der Waals surface area contributed by atoms with Crippen molar-refractivity contribution >= 4 is 11.6 Å². The molecule has 1 rings (SSSR count). The van der Waals surface area contributed by atoms with Crippen molar-refractivity contribution in [2.45, 2.75) is 32.2 Å². The number of nitrogens with one attached hydrogen (secondary N) is 1. The molecule has 1 unspecified atom stereocenters. The third-order valence-electron chi connectivity index (χ3n) is 2.53. The summed E-state index contributed by atoms with van der Waals surface area (Å²) in [6.45, 7) is 3.43. The summed E-state index contributed by atoms with van der Waals surface area (Å²) in [5.41, 5.74) is 1.30. The van der Waals surface area contributed by atoms with Crippen molar-refractivity contribution in [3.8, 4) is 0 Å². The van der Waals surface area contributed by atoms with Gasteiger partial charge in [-0.15, -0.1) is 0 Å². The number of unbranched alkanes of at least 4 members (excludes halogenated alkanes) is 1. The van der Waals surface area contributed by atoms with Crippen molar-refractivity contribution in [2.75, 3.05) is 13.2 Å². The largest absolute Gasteiger partial charge is 0.396 e. The molecule has 0 aromatic heterocycles. The Kier molecular flexibility index (Phi) is 6.46. The van der Waals surface area contributed by atoms with Crippen molar-refractivity contribution in [1.29, 1.82) is 0 Å². The first-order chi connectivity index (χ1) is 7.72. The second kappa shape index (κ2) is 7.66. The van der Waals surface area contributed by atoms with Crippen LogP contribution in [0.2, 0.25) is 5.02 Å². The summed E-state index contributed by atoms with van der Waals surface area (Å²) in [7, 11) is 0. The average Bonchev–Trinajstić information content (AvgIpc) is 2.28. The highest BCUT2D eigenvalue weighted by molar-refractivity contribution is 6.30. The number of hydrogen-bond acceptors (Lipinski definition) is 2. The maximum absolute atomic E-state index is 8.65. The fourth-order valence-corrected chi connectivity index (χ4v) is 1.76. The smallest absolute Gasteiger partial charge is 0.0431 e. The van der Waals surface area contributed by atoms with Gasteiger partial charge in [0.05, 0.1) is 0 Å². The molecule has 1 atom stereocenters. The van der Waals surface area contributed by atoms with E-state index in [0.717, 1.165) is 30.8 Å². The van der Waals surface area contributed by atoms with Crippen molar-refractivity contribution in [3.05, 3.63) is 34.9 Å². The van der Waals surface area contributed by atoms with Crippen LogP contribution < -0.4 is 5.32 Å². The quantitative estimate of drug-likeness (QED) is 0.720. The molecule has 1 aromatic carbocycles. The number of rotatable bonds is 7. The average molecular weight is 242 g/mol. The van der Waals surface area contributed by atoms with E-state index < -0.39 is 0 Å². The zero-order valence-electron chi connectivity index (χ0n) is 9.75. The van der Waals surface area contributed by atoms with E-state index in [1.54, 1.807) is 0 Å². The summed E-state index contributed by atoms with van der Waals surface area (Å²) < 4.78 is 0. The van der Waals surface area contributed by atoms with Gasteiger partial charge in [0.15, 0.2) is 0 Å². The molecule has 0 bridgehead atoms. The molecule has 1 aromatic rings. The molecule has 0 spiro atoms. The Morgan fingerprint density at radius 2 is 1.94 bits per heavy atom. The van der Waals surface area contributed by atoms with E-state index >= 15 is 0 Å². The number of halogens is 1. The van der Waals surface area contributed by atoms with E-state index in [1.165, 1.54) is 5.56 Å². The second-order valence-corrected chi connectivity index (χ2v) is 4.55. The minimum atomic E-state index is 0.285. The van der Waals surface area contributed by atoms with Gasteiger partial charge in [-0.25, -0.2) is 0 Å². The summed E-state index contributed by atoms with van der Waals surface area (Å²) in [5, 5.41) is 12.9. The van der Waals surface area contributed by atoms with Gasteiger partial charge in [0, 0.05) is 17.7 Å². The van der Waals surface area contributed by atoms with Gasteiger partial charge in [-0.1, -0.05) is 23.7 Å². The summed E-state index contributed by atoms with van der Waals surface area (Å²) in [4.78, 5) is 0. The Morgan fingerprint density at radius 1 is 1.25 bits per heavy atom. The fraction of sp³-hybridized carbons (Fsp3) is 0.538. The molecular weight excluding hydrogens is 222 g/mol. The maximum atomic E-state index is 8.65. The molecule has 0 aliphatic heterocycles. The van der Waals surface area contributed by atoms with Crippen molar-refractivity contribution in [3.63, 3.8) is 0 Å². The molecule has 2 nitrogen and oxygen atoms in total. The van der Waals surface area contributed by atoms with Crippen LogP contribution in [-0.2, 0) is 6.42 Å². The summed E-state index contributed by atoms with van der Waals surface area (Å²) >= 11 is 5.83. The molecule has 90 valence electrons. The van der Waals surface area contributed by atoms with Crippen molar-refractivity contribution in [2.24, 2.45) is 0 Å². The predicted molar refractivity (Wildman–Crippen MR) is 68.9 cm³/mol. The maximum Gasteiger partial charge on any atom is 0.0431 e. The van der Waals surface area contributed by atoms with Gasteiger partial charge in [0.25, 0.3) is 0 Å². The molecule has 16 heavy (non-hydrogen) atoms. The van der Waals surface area contributed by atoms with Crippen LogP contribution in [0, 0.1) is 0 Å². The molecule has 0 radical (unpaired) electrons. The van der Waals surface area contributed by atoms with Gasteiger partial charge in [0.2, 0.25) is 0 Å². The van der Waals surface area contributed by atoms with Crippen LogP contribution in [-0.4, -0.2) is 24.3 Å². The van der Waals surface area contributed by atoms with Gasteiger partial charge in [-0.3, -0.25) is 0 Å². The van der Waals surface area contributed by atoms with E-state index in [2.05, 4.69) is 24.4 Å². The highest BCUT2D eigenvalue weighted by Gasteiger charge is 2.02. The number of aliphatic hydroxyl groups is 1. The molecule has 0 saturated carbocycles. The van der Waals surface area contributed by atoms with Crippen LogP contribution >= 0.6 is 11.6 Å². The van der Waals surface area contributed by atoms with Gasteiger partial charge in [0.1, 0.15) is 0 Å². The zero-order chi connectivity index (χ0) is 11.8. The Hall–Kier alpha value is -0.570. The van der Waals surface area contributed by atoms with E-state index in [-0.39, 0.29) is 6.61 Å². The highest BCUT2D eigenvalue weighted by atomic mass is 35.5. The van der Waals surface area contributed by atoms with Crippen molar-refractivity contribution < 1.29 is 5.11 Å². The standard InChI is InChI=1S/C13H20ClNO/c1-11(15-8-2-3-9-16)10-12-4-6-13(14)7-5-12/h4-7,11,15-16H,2-3,8-10H2,1H3. The number of benzene rings is 1. The Morgan fingerprint density at radius 3 is 2.56 bits per heavy atom. The lowest BCUT2D eigenvalue weighted by Crippen LogP contribution is -2.29. The molecule has 0 heterocycles. The number of aliphatic hydroxyl groups excluding tert-OH is 1. The molecular formula is C13H20ClNO. The Labute approximate surface area is 103 Å². The van der Waals surface area contributed by atoms with Crippen LogP contribution in [0.4, 0.5) is 0 Å². The third kappa shape index (κ3) is 5.50. The molecule has 0 aliphatic rings. The van der Waals surface area contributed by atoms with Gasteiger partial charge >= 0.3 is 0 Å². The SMILES string of the molecule is CC(Cc1ccc(Cl)cc1)NCCCCO. The third-order valence-corrected chi connectivity index (χ3v) is 2.78. The van der Waals surface area contributed by atoms with Crippen molar-refractivity contribution in [1.82, 2.24) is 5.32 Å². The molecule has 0 fully saturated rings. The normalized spacial score (nSPS) is 12.7. The summed E-state index contributed by atoms with van der Waals surface area (Å²) in [6, 6.07) is 8.44. The lowest BCUT2D eigenvalue weighted by molar-refractivity contribution is 0.282. The highest BCUT2D eigenvalue weighted by Crippen LogP contribution is 2.10. The zero-order valence-corrected chi connectivity index (χ0v) is 10.5. The minimum Gasteiger partial charge on any atom is -0.396 e. The first-order valence-electron chi connectivity index (χ1n) is 5.81. The molecule has 0 saturated heterocycles. The Bertz CT molecular complexity index is 286. The van der Waals surface area contributed by atoms with E-state index in [1.807, 2.05) is 12.1 Å². The second-order valence-electron chi connectivity index (χ2n) is 4.12. The number of hydrogen-bond donors (Lipinski definition) is 2. The van der Waals surface area contributed by atoms with Gasteiger partial charge in [-0.2, -0.15) is 0 Å². The predicted octanol–water partition coefficient (Wildman–Crippen LogP) is 2.63. The van der Waals surface area contributed by atoms with Crippen LogP contribution in [0.25, 0.3) is 0 Å². The van der Waals surface area contributed by atoms with E-state index in [4.69, 9.17) is 16.7 Å². The van der Waals surface area contributed by atoms with E-state index in [9.17, 15) is 0 Å². The van der Waals surface area contributed by atoms with Crippen LogP contribution in [0.5, 0.6) is 0 Å². The fourth-order valence-electron chi connectivity index (χ4n) is 1.63. The lowest BCUT2D eigenvalue weighted by atomic mass is 10.1. The molecule has 2 N–H and O–H groups in total. The topological polar surface area (TPSA) is 32.3 Å². The van der Waals surface area contributed by atoms with Crippen LogP contribution in [0.3, 0.4) is 0 Å². The van der Waals surface area contributed by atoms with Crippen LogP contribution in [0.15, 0.2) is 24.3 Å². The summed E-state index contributed by atoms with van der Waals surface area (Å²) in [5.74, 6) is 0. The monoisotopic (exact) mass is 241 g/mol. The molecule has 3 heteroatoms. The first-order valence-corrected chi connectivity index (χ1v) is 6.19. The lowest BCUT2D eigenvalue weighted by Gasteiger charge is -2.13. The Balaban J connectivity index is 2.23. The van der Waals surface area contributed by atoms with Gasteiger partial charge < -0.3 is 10.4 Å². The summed E-state index contributed by atoms with van der Waals surface area (Å²) in [6.07, 6.45) is 2.92. The minimum absolute atomic E-state index is 0.285. The molecule has 0 aliphatic carbocycles. The molecule has 0 amide bonds.